The summed E-state index contributed by atoms with van der Waals surface area (Å²) in [6.45, 7) is 0. The van der Waals surface area contributed by atoms with Crippen LogP contribution in [0, 0.1) is 0 Å². The number of hydrogen-bond donors (Lipinski definition) is 0. The zero-order valence-corrected chi connectivity index (χ0v) is 12.0. The second-order valence-electron chi connectivity index (χ2n) is 4.77. The van der Waals surface area contributed by atoms with Gasteiger partial charge in [0.2, 0.25) is 5.28 Å². The molecule has 4 rings (SSSR count). The van der Waals surface area contributed by atoms with Gasteiger partial charge in [0, 0.05) is 23.5 Å². The first kappa shape index (κ1) is 12.9. The molecule has 1 aromatic carbocycles. The lowest BCUT2D eigenvalue weighted by molar-refractivity contribution is 1.05. The van der Waals surface area contributed by atoms with Crippen molar-refractivity contribution in [3.05, 3.63) is 70.6 Å². The average molecular weight is 309 g/mol. The van der Waals surface area contributed by atoms with E-state index in [4.69, 9.17) is 11.6 Å². The van der Waals surface area contributed by atoms with Crippen LogP contribution in [0.25, 0.3) is 27.5 Å². The van der Waals surface area contributed by atoms with E-state index < -0.39 is 0 Å². The third-order valence-electron chi connectivity index (χ3n) is 3.50. The van der Waals surface area contributed by atoms with E-state index in [0.29, 0.717) is 16.4 Å². The van der Waals surface area contributed by atoms with Crippen LogP contribution in [0.1, 0.15) is 0 Å². The maximum Gasteiger partial charge on any atom is 0.266 e. The number of halogens is 1. The molecule has 0 fully saturated rings. The largest absolute Gasteiger partial charge is 0.275 e. The van der Waals surface area contributed by atoms with E-state index in [0.717, 1.165) is 11.1 Å². The molecular formula is C16H9ClN4O. The number of para-hydroxylation sites is 1. The van der Waals surface area contributed by atoms with Gasteiger partial charge in [0.1, 0.15) is 0 Å². The first-order valence-electron chi connectivity index (χ1n) is 6.62. The minimum absolute atomic E-state index is 0.113. The summed E-state index contributed by atoms with van der Waals surface area (Å²) in [7, 11) is 0. The molecule has 3 heterocycles. The van der Waals surface area contributed by atoms with Crippen LogP contribution in [0.15, 0.2) is 59.8 Å². The van der Waals surface area contributed by atoms with Crippen LogP contribution >= 0.6 is 11.6 Å². The smallest absolute Gasteiger partial charge is 0.266 e. The summed E-state index contributed by atoms with van der Waals surface area (Å²) in [5.74, 6) is 0. The highest BCUT2D eigenvalue weighted by Gasteiger charge is 2.13. The van der Waals surface area contributed by atoms with Crippen LogP contribution in [0.3, 0.4) is 0 Å². The van der Waals surface area contributed by atoms with Gasteiger partial charge < -0.3 is 0 Å². The second-order valence-corrected chi connectivity index (χ2v) is 5.11. The minimum atomic E-state index is -0.196. The molecule has 106 valence electrons. The van der Waals surface area contributed by atoms with E-state index in [9.17, 15) is 4.79 Å². The molecule has 0 unspecified atom stereocenters. The Labute approximate surface area is 129 Å². The SMILES string of the molecule is O=c1c2cnc(Cl)nc2c2ccncc2n1-c1ccccc1. The van der Waals surface area contributed by atoms with Gasteiger partial charge in [0.15, 0.2) is 0 Å². The van der Waals surface area contributed by atoms with Gasteiger partial charge in [-0.1, -0.05) is 18.2 Å². The maximum absolute atomic E-state index is 12.9. The molecule has 5 nitrogen and oxygen atoms in total. The van der Waals surface area contributed by atoms with Gasteiger partial charge in [-0.2, -0.15) is 0 Å². The number of hydrogen-bond acceptors (Lipinski definition) is 4. The molecule has 0 aliphatic carbocycles. The highest BCUT2D eigenvalue weighted by Crippen LogP contribution is 2.23. The number of rotatable bonds is 1. The molecule has 0 aliphatic rings. The lowest BCUT2D eigenvalue weighted by atomic mass is 10.1. The molecule has 0 aliphatic heterocycles. The monoisotopic (exact) mass is 308 g/mol. The topological polar surface area (TPSA) is 60.7 Å². The van der Waals surface area contributed by atoms with Gasteiger partial charge in [-0.15, -0.1) is 0 Å². The first-order chi connectivity index (χ1) is 10.8. The number of aromatic nitrogens is 4. The van der Waals surface area contributed by atoms with Crippen LogP contribution in [-0.2, 0) is 0 Å². The van der Waals surface area contributed by atoms with Crippen molar-refractivity contribution in [1.29, 1.82) is 0 Å². The molecule has 6 heteroatoms. The Morgan fingerprint density at radius 3 is 2.64 bits per heavy atom. The summed E-state index contributed by atoms with van der Waals surface area (Å²) in [4.78, 5) is 25.1. The van der Waals surface area contributed by atoms with Crippen molar-refractivity contribution < 1.29 is 0 Å². The van der Waals surface area contributed by atoms with Crippen molar-refractivity contribution in [3.63, 3.8) is 0 Å². The lowest BCUT2D eigenvalue weighted by Crippen LogP contribution is -2.20. The standard InChI is InChI=1S/C16H9ClN4O/c17-16-19-8-12-14(20-16)11-6-7-18-9-13(11)21(15(12)22)10-4-2-1-3-5-10/h1-9H. The van der Waals surface area contributed by atoms with E-state index in [1.54, 1.807) is 17.0 Å². The summed E-state index contributed by atoms with van der Waals surface area (Å²) in [5, 5.41) is 1.34. The fourth-order valence-electron chi connectivity index (χ4n) is 2.55. The zero-order valence-electron chi connectivity index (χ0n) is 11.3. The van der Waals surface area contributed by atoms with E-state index in [2.05, 4.69) is 15.0 Å². The molecule has 0 saturated heterocycles. The lowest BCUT2D eigenvalue weighted by Gasteiger charge is -2.12. The molecule has 22 heavy (non-hydrogen) atoms. The Balaban J connectivity index is 2.28. The van der Waals surface area contributed by atoms with Crippen LogP contribution in [0.2, 0.25) is 5.28 Å². The molecule has 0 amide bonds. The molecule has 0 radical (unpaired) electrons. The van der Waals surface area contributed by atoms with Crippen molar-refractivity contribution in [2.75, 3.05) is 0 Å². The van der Waals surface area contributed by atoms with E-state index in [-0.39, 0.29) is 10.8 Å². The predicted octanol–water partition coefficient (Wildman–Crippen LogP) is 2.98. The van der Waals surface area contributed by atoms with Crippen molar-refractivity contribution in [2.45, 2.75) is 0 Å². The molecule has 0 bridgehead atoms. The van der Waals surface area contributed by atoms with Crippen molar-refractivity contribution in [3.8, 4) is 5.69 Å². The Morgan fingerprint density at radius 1 is 1.00 bits per heavy atom. The van der Waals surface area contributed by atoms with Gasteiger partial charge in [0.25, 0.3) is 5.56 Å². The first-order valence-corrected chi connectivity index (χ1v) is 7.00. The van der Waals surface area contributed by atoms with E-state index in [1.807, 2.05) is 36.4 Å². The Kier molecular flexibility index (Phi) is 2.87. The van der Waals surface area contributed by atoms with Crippen molar-refractivity contribution >= 4 is 33.4 Å². The number of nitrogens with zero attached hydrogens (tertiary/aromatic N) is 4. The molecular weight excluding hydrogens is 300 g/mol. The van der Waals surface area contributed by atoms with Crippen LogP contribution in [0.4, 0.5) is 0 Å². The Bertz CT molecular complexity index is 1060. The van der Waals surface area contributed by atoms with Gasteiger partial charge in [-0.3, -0.25) is 14.3 Å². The highest BCUT2D eigenvalue weighted by atomic mass is 35.5. The summed E-state index contributed by atoms with van der Waals surface area (Å²) in [5.41, 5.74) is 1.79. The highest BCUT2D eigenvalue weighted by molar-refractivity contribution is 6.28. The maximum atomic E-state index is 12.9. The summed E-state index contributed by atoms with van der Waals surface area (Å²) in [6, 6.07) is 11.2. The number of benzene rings is 1. The molecule has 0 N–H and O–H groups in total. The number of pyridine rings is 2. The van der Waals surface area contributed by atoms with Crippen molar-refractivity contribution in [1.82, 2.24) is 19.5 Å². The fourth-order valence-corrected chi connectivity index (χ4v) is 2.68. The second kappa shape index (κ2) is 4.89. The van der Waals surface area contributed by atoms with E-state index >= 15 is 0 Å². The van der Waals surface area contributed by atoms with Crippen LogP contribution in [0.5, 0.6) is 0 Å². The van der Waals surface area contributed by atoms with Gasteiger partial charge in [0.05, 0.1) is 22.6 Å². The van der Waals surface area contributed by atoms with Crippen molar-refractivity contribution in [2.24, 2.45) is 0 Å². The fraction of sp³-hybridized carbons (Fsp3) is 0. The molecule has 3 aromatic heterocycles. The van der Waals surface area contributed by atoms with E-state index in [1.165, 1.54) is 6.20 Å². The summed E-state index contributed by atoms with van der Waals surface area (Å²) >= 11 is 5.88. The van der Waals surface area contributed by atoms with Gasteiger partial charge in [-0.05, 0) is 29.8 Å². The summed E-state index contributed by atoms with van der Waals surface area (Å²) in [6.07, 6.45) is 4.78. The summed E-state index contributed by atoms with van der Waals surface area (Å²) < 4.78 is 1.61. The third kappa shape index (κ3) is 1.87. The minimum Gasteiger partial charge on any atom is -0.275 e. The Hall–Kier alpha value is -2.79. The molecule has 4 aromatic rings. The van der Waals surface area contributed by atoms with Crippen LogP contribution in [-0.4, -0.2) is 19.5 Å². The average Bonchev–Trinajstić information content (AvgIpc) is 2.56. The molecule has 0 saturated carbocycles. The normalized spacial score (nSPS) is 11.1. The Morgan fingerprint density at radius 2 is 1.82 bits per heavy atom. The number of fused-ring (bicyclic) bond motifs is 3. The predicted molar refractivity (Wildman–Crippen MR) is 85.4 cm³/mol. The third-order valence-corrected chi connectivity index (χ3v) is 3.69. The quantitative estimate of drug-likeness (QED) is 0.400. The molecule has 0 spiro atoms. The molecule has 0 atom stereocenters. The van der Waals surface area contributed by atoms with Crippen LogP contribution < -0.4 is 5.56 Å². The van der Waals surface area contributed by atoms with Gasteiger partial charge >= 0.3 is 0 Å². The van der Waals surface area contributed by atoms with Gasteiger partial charge in [-0.25, -0.2) is 9.97 Å². The zero-order chi connectivity index (χ0) is 15.1.